The number of hydrogen-bond acceptors (Lipinski definition) is 4. The highest BCUT2D eigenvalue weighted by Crippen LogP contribution is 2.35. The Morgan fingerprint density at radius 1 is 1.35 bits per heavy atom. The highest BCUT2D eigenvalue weighted by Gasteiger charge is 2.34. The molecule has 5 nitrogen and oxygen atoms in total. The zero-order valence-electron chi connectivity index (χ0n) is 10.1. The van der Waals surface area contributed by atoms with E-state index >= 15 is 0 Å². The van der Waals surface area contributed by atoms with Crippen LogP contribution in [0.3, 0.4) is 0 Å². The number of allylic oxidation sites excluding steroid dienone is 2. The summed E-state index contributed by atoms with van der Waals surface area (Å²) in [4.78, 5) is -1.05. The molecule has 1 aromatic rings. The number of aliphatic hydroxyl groups excluding tert-OH is 1. The van der Waals surface area contributed by atoms with Crippen molar-refractivity contribution in [3.05, 3.63) is 40.5 Å². The summed E-state index contributed by atoms with van der Waals surface area (Å²) < 4.78 is 63.2. The Balaban J connectivity index is 3.33. The molecule has 20 heavy (non-hydrogen) atoms. The predicted molar refractivity (Wildman–Crippen MR) is 64.9 cm³/mol. The highest BCUT2D eigenvalue weighted by atomic mass is 32.2. The number of aliphatic hydroxyl groups is 1. The van der Waals surface area contributed by atoms with E-state index in [0.29, 0.717) is 6.07 Å². The maximum Gasteiger partial charge on any atom is 0.418 e. The van der Waals surface area contributed by atoms with Gasteiger partial charge in [0.15, 0.2) is 0 Å². The summed E-state index contributed by atoms with van der Waals surface area (Å²) in [6.45, 7) is 0.938. The number of hydrogen-bond donors (Lipinski definition) is 2. The summed E-state index contributed by atoms with van der Waals surface area (Å²) >= 11 is 0. The van der Waals surface area contributed by atoms with Gasteiger partial charge >= 0.3 is 6.18 Å². The molecule has 0 aliphatic heterocycles. The number of benzene rings is 1. The van der Waals surface area contributed by atoms with Crippen LogP contribution in [0.5, 0.6) is 0 Å². The van der Waals surface area contributed by atoms with Gasteiger partial charge in [-0.25, -0.2) is 8.42 Å². The first-order valence-electron chi connectivity index (χ1n) is 5.08. The van der Waals surface area contributed by atoms with Crippen LogP contribution in [0.15, 0.2) is 34.9 Å². The number of alkyl halides is 3. The van der Waals surface area contributed by atoms with E-state index in [4.69, 9.17) is 10.4 Å². The molecule has 0 aromatic heterocycles. The van der Waals surface area contributed by atoms with Gasteiger partial charge in [0.25, 0.3) is 10.0 Å². The number of sulfonamides is 1. The molecule has 0 aliphatic rings. The molecule has 0 aliphatic carbocycles. The molecule has 0 fully saturated rings. The van der Waals surface area contributed by atoms with Gasteiger partial charge in [0, 0.05) is 0 Å². The van der Waals surface area contributed by atoms with Crippen LogP contribution in [-0.4, -0.2) is 13.5 Å². The molecule has 0 atom stereocenters. The van der Waals surface area contributed by atoms with Crippen LogP contribution in [-0.2, 0) is 16.2 Å². The van der Waals surface area contributed by atoms with Crippen molar-refractivity contribution in [2.75, 3.05) is 4.72 Å². The average molecular weight is 306 g/mol. The van der Waals surface area contributed by atoms with E-state index in [0.717, 1.165) is 19.1 Å². The van der Waals surface area contributed by atoms with Crippen molar-refractivity contribution in [1.29, 1.82) is 5.26 Å². The smallest absolute Gasteiger partial charge is 0.418 e. The lowest BCUT2D eigenvalue weighted by Crippen LogP contribution is -2.18. The molecule has 0 saturated carbocycles. The lowest BCUT2D eigenvalue weighted by molar-refractivity contribution is -0.136. The number of para-hydroxylation sites is 1. The minimum atomic E-state index is -4.76. The zero-order valence-corrected chi connectivity index (χ0v) is 10.9. The van der Waals surface area contributed by atoms with Crippen LogP contribution in [0.1, 0.15) is 12.5 Å². The van der Waals surface area contributed by atoms with Gasteiger partial charge in [-0.1, -0.05) is 12.1 Å². The minimum Gasteiger partial charge on any atom is -0.510 e. The third kappa shape index (κ3) is 3.42. The second kappa shape index (κ2) is 5.42. The van der Waals surface area contributed by atoms with Crippen molar-refractivity contribution in [1.82, 2.24) is 0 Å². The summed E-state index contributed by atoms with van der Waals surface area (Å²) in [6, 6.07) is 5.12. The molecule has 108 valence electrons. The first kappa shape index (κ1) is 15.8. The number of rotatable bonds is 3. The maximum atomic E-state index is 12.7. The molecule has 0 unspecified atom stereocenters. The Hall–Kier alpha value is -2.21. The van der Waals surface area contributed by atoms with E-state index in [1.807, 2.05) is 0 Å². The first-order valence-corrected chi connectivity index (χ1v) is 6.57. The van der Waals surface area contributed by atoms with Crippen LogP contribution in [0.25, 0.3) is 0 Å². The molecular weight excluding hydrogens is 297 g/mol. The maximum absolute atomic E-state index is 12.7. The van der Waals surface area contributed by atoms with Gasteiger partial charge in [0.1, 0.15) is 11.8 Å². The third-order valence-electron chi connectivity index (χ3n) is 2.18. The summed E-state index contributed by atoms with van der Waals surface area (Å²) in [5.74, 6) is -0.815. The number of halogens is 3. The van der Waals surface area contributed by atoms with Crippen LogP contribution in [0, 0.1) is 11.3 Å². The van der Waals surface area contributed by atoms with Gasteiger partial charge in [-0.2, -0.15) is 18.4 Å². The first-order chi connectivity index (χ1) is 9.09. The molecule has 1 aromatic carbocycles. The van der Waals surface area contributed by atoms with Crippen molar-refractivity contribution in [3.63, 3.8) is 0 Å². The Morgan fingerprint density at radius 3 is 2.35 bits per heavy atom. The number of anilines is 1. The Kier molecular flexibility index (Phi) is 4.29. The third-order valence-corrected chi connectivity index (χ3v) is 3.59. The number of nitriles is 1. The van der Waals surface area contributed by atoms with E-state index in [9.17, 15) is 21.6 Å². The quantitative estimate of drug-likeness (QED) is 0.663. The zero-order chi connectivity index (χ0) is 15.6. The van der Waals surface area contributed by atoms with Crippen LogP contribution < -0.4 is 4.72 Å². The molecule has 9 heteroatoms. The monoisotopic (exact) mass is 306 g/mol. The molecule has 0 bridgehead atoms. The Labute approximate surface area is 113 Å². The number of nitrogens with zero attached hydrogens (tertiary/aromatic N) is 1. The van der Waals surface area contributed by atoms with E-state index in [1.165, 1.54) is 12.1 Å². The lowest BCUT2D eigenvalue weighted by Gasteiger charge is -2.14. The van der Waals surface area contributed by atoms with E-state index in [2.05, 4.69) is 0 Å². The molecule has 0 heterocycles. The summed E-state index contributed by atoms with van der Waals surface area (Å²) in [5.41, 5.74) is -1.93. The fourth-order valence-corrected chi connectivity index (χ4v) is 2.43. The second-order valence-corrected chi connectivity index (χ2v) is 5.29. The van der Waals surface area contributed by atoms with Gasteiger partial charge in [-0.3, -0.25) is 4.72 Å². The fourth-order valence-electron chi connectivity index (χ4n) is 1.35. The number of nitrogens with one attached hydrogen (secondary N) is 1. The van der Waals surface area contributed by atoms with Crippen molar-refractivity contribution in [2.24, 2.45) is 0 Å². The van der Waals surface area contributed by atoms with Gasteiger partial charge in [0.2, 0.25) is 4.91 Å². The minimum absolute atomic E-state index is 0.694. The van der Waals surface area contributed by atoms with Crippen molar-refractivity contribution in [2.45, 2.75) is 13.1 Å². The van der Waals surface area contributed by atoms with Crippen molar-refractivity contribution in [3.8, 4) is 6.07 Å². The lowest BCUT2D eigenvalue weighted by atomic mass is 10.2. The van der Waals surface area contributed by atoms with Crippen LogP contribution in [0.2, 0.25) is 0 Å². The van der Waals surface area contributed by atoms with Gasteiger partial charge < -0.3 is 5.11 Å². The van der Waals surface area contributed by atoms with E-state index in [1.54, 1.807) is 4.72 Å². The van der Waals surface area contributed by atoms with Gasteiger partial charge in [-0.15, -0.1) is 0 Å². The van der Waals surface area contributed by atoms with Gasteiger partial charge in [0.05, 0.1) is 11.3 Å². The average Bonchev–Trinajstić information content (AvgIpc) is 2.27. The summed E-state index contributed by atoms with van der Waals surface area (Å²) in [7, 11) is -4.59. The summed E-state index contributed by atoms with van der Waals surface area (Å²) in [5, 5.41) is 17.7. The van der Waals surface area contributed by atoms with E-state index < -0.39 is 38.1 Å². The van der Waals surface area contributed by atoms with E-state index in [-0.39, 0.29) is 0 Å². The molecule has 1 rings (SSSR count). The molecular formula is C11H9F3N2O3S. The highest BCUT2D eigenvalue weighted by molar-refractivity contribution is 7.96. The van der Waals surface area contributed by atoms with Crippen LogP contribution >= 0.6 is 0 Å². The SMILES string of the molecule is C/C(O)=C(\C#N)S(=O)(=O)Nc1ccccc1C(F)(F)F. The van der Waals surface area contributed by atoms with Crippen molar-refractivity contribution < 1.29 is 26.7 Å². The Morgan fingerprint density at radius 2 is 1.90 bits per heavy atom. The standard InChI is InChI=1S/C11H9F3N2O3S/c1-7(17)10(6-15)20(18,19)16-9-5-3-2-4-8(9)11(12,13)14/h2-5,16-17H,1H3/b10-7-. The molecule has 2 N–H and O–H groups in total. The van der Waals surface area contributed by atoms with Gasteiger partial charge in [-0.05, 0) is 19.1 Å². The Bertz CT molecular complexity index is 684. The second-order valence-electron chi connectivity index (χ2n) is 3.68. The predicted octanol–water partition coefficient (Wildman–Crippen LogP) is 2.76. The largest absolute Gasteiger partial charge is 0.510 e. The molecule has 0 spiro atoms. The molecule has 0 radical (unpaired) electrons. The normalized spacial score (nSPS) is 13.3. The summed E-state index contributed by atoms with van der Waals surface area (Å²) in [6.07, 6.45) is -4.76. The fraction of sp³-hybridized carbons (Fsp3) is 0.182. The molecule has 0 saturated heterocycles. The van der Waals surface area contributed by atoms with Crippen molar-refractivity contribution >= 4 is 15.7 Å². The molecule has 0 amide bonds. The topological polar surface area (TPSA) is 90.2 Å². The van der Waals surface area contributed by atoms with Crippen LogP contribution in [0.4, 0.5) is 18.9 Å².